The lowest BCUT2D eigenvalue weighted by Gasteiger charge is -2.28. The minimum atomic E-state index is 0.134. The topological polar surface area (TPSA) is 61.4 Å². The first-order valence-corrected chi connectivity index (χ1v) is 9.46. The summed E-state index contributed by atoms with van der Waals surface area (Å²) in [4.78, 5) is 27.0. The van der Waals surface area contributed by atoms with E-state index in [0.717, 1.165) is 45.2 Å². The smallest absolute Gasteiger partial charge is 0.225 e. The van der Waals surface area contributed by atoms with E-state index >= 15 is 0 Å². The fourth-order valence-electron chi connectivity index (χ4n) is 4.38. The Hall–Kier alpha value is -1.10. The van der Waals surface area contributed by atoms with Gasteiger partial charge in [-0.15, -0.1) is 0 Å². The lowest BCUT2D eigenvalue weighted by molar-refractivity contribution is -0.136. The number of hydrogen-bond donors (Lipinski definition) is 2. The fraction of sp³-hybridized carbons (Fsp3) is 0.889. The summed E-state index contributed by atoms with van der Waals surface area (Å²) in [7, 11) is 0. The van der Waals surface area contributed by atoms with Gasteiger partial charge in [-0.05, 0) is 45.6 Å². The average molecular weight is 321 g/mol. The quantitative estimate of drug-likeness (QED) is 0.831. The Morgan fingerprint density at radius 1 is 1.04 bits per heavy atom. The van der Waals surface area contributed by atoms with Crippen molar-refractivity contribution in [3.8, 4) is 0 Å². The van der Waals surface area contributed by atoms with E-state index < -0.39 is 0 Å². The monoisotopic (exact) mass is 321 g/mol. The number of likely N-dealkylation sites (tertiary alicyclic amines) is 1. The van der Waals surface area contributed by atoms with Crippen LogP contribution in [0.15, 0.2) is 0 Å². The first kappa shape index (κ1) is 16.7. The summed E-state index contributed by atoms with van der Waals surface area (Å²) in [6.45, 7) is 4.58. The second kappa shape index (κ2) is 7.65. The van der Waals surface area contributed by atoms with E-state index in [4.69, 9.17) is 0 Å². The van der Waals surface area contributed by atoms with Crippen molar-refractivity contribution in [1.82, 2.24) is 15.5 Å². The molecule has 0 aromatic rings. The van der Waals surface area contributed by atoms with Crippen molar-refractivity contribution in [2.75, 3.05) is 19.6 Å². The van der Waals surface area contributed by atoms with E-state index in [2.05, 4.69) is 17.6 Å². The summed E-state index contributed by atoms with van der Waals surface area (Å²) >= 11 is 0. The first-order chi connectivity index (χ1) is 11.1. The van der Waals surface area contributed by atoms with Crippen LogP contribution in [0.5, 0.6) is 0 Å². The molecule has 23 heavy (non-hydrogen) atoms. The number of hydrogen-bond acceptors (Lipinski definition) is 3. The molecule has 130 valence electrons. The fourth-order valence-corrected chi connectivity index (χ4v) is 4.38. The van der Waals surface area contributed by atoms with Crippen molar-refractivity contribution in [2.24, 2.45) is 11.8 Å². The highest BCUT2D eigenvalue weighted by Crippen LogP contribution is 2.27. The summed E-state index contributed by atoms with van der Waals surface area (Å²) < 4.78 is 0. The lowest BCUT2D eigenvalue weighted by atomic mass is 9.88. The van der Waals surface area contributed by atoms with Gasteiger partial charge in [0.05, 0.1) is 0 Å². The van der Waals surface area contributed by atoms with E-state index in [1.54, 1.807) is 0 Å². The van der Waals surface area contributed by atoms with E-state index in [-0.39, 0.29) is 23.8 Å². The molecule has 1 saturated carbocycles. The molecule has 3 atom stereocenters. The van der Waals surface area contributed by atoms with Crippen LogP contribution >= 0.6 is 0 Å². The normalized spacial score (nSPS) is 32.7. The minimum Gasteiger partial charge on any atom is -0.351 e. The molecule has 0 radical (unpaired) electrons. The van der Waals surface area contributed by atoms with Gasteiger partial charge in [0.2, 0.25) is 11.8 Å². The molecule has 1 unspecified atom stereocenters. The molecule has 2 heterocycles. The van der Waals surface area contributed by atoms with Gasteiger partial charge in [0.15, 0.2) is 0 Å². The zero-order valence-electron chi connectivity index (χ0n) is 14.4. The third-order valence-corrected chi connectivity index (χ3v) is 5.80. The highest BCUT2D eigenvalue weighted by molar-refractivity contribution is 5.81. The Labute approximate surface area is 139 Å². The van der Waals surface area contributed by atoms with Crippen molar-refractivity contribution >= 4 is 11.8 Å². The van der Waals surface area contributed by atoms with Crippen LogP contribution in [0.3, 0.4) is 0 Å². The second-order valence-electron chi connectivity index (χ2n) is 7.69. The molecule has 3 fully saturated rings. The van der Waals surface area contributed by atoms with Crippen LogP contribution in [-0.4, -0.2) is 48.4 Å². The van der Waals surface area contributed by atoms with Gasteiger partial charge < -0.3 is 15.5 Å². The molecule has 3 aliphatic rings. The maximum atomic E-state index is 12.6. The lowest BCUT2D eigenvalue weighted by Crippen LogP contribution is -2.46. The first-order valence-electron chi connectivity index (χ1n) is 9.46. The molecule has 0 aromatic heterocycles. The Morgan fingerprint density at radius 2 is 1.83 bits per heavy atom. The number of nitrogens with one attached hydrogen (secondary N) is 2. The maximum Gasteiger partial charge on any atom is 0.225 e. The summed E-state index contributed by atoms with van der Waals surface area (Å²) in [6, 6.07) is 0.577. The molecule has 5 heteroatoms. The molecule has 1 aliphatic carbocycles. The second-order valence-corrected chi connectivity index (χ2v) is 7.69. The third kappa shape index (κ3) is 4.25. The number of nitrogens with zero attached hydrogens (tertiary/aromatic N) is 1. The summed E-state index contributed by atoms with van der Waals surface area (Å²) in [6.07, 6.45) is 8.52. The van der Waals surface area contributed by atoms with E-state index in [9.17, 15) is 9.59 Å². The van der Waals surface area contributed by atoms with Gasteiger partial charge in [-0.3, -0.25) is 9.59 Å². The number of rotatable bonds is 3. The van der Waals surface area contributed by atoms with Crippen LogP contribution in [0.1, 0.15) is 58.3 Å². The van der Waals surface area contributed by atoms with Gasteiger partial charge in [-0.2, -0.15) is 0 Å². The van der Waals surface area contributed by atoms with Gasteiger partial charge in [-0.25, -0.2) is 0 Å². The maximum absolute atomic E-state index is 12.6. The number of amides is 2. The van der Waals surface area contributed by atoms with Crippen LogP contribution < -0.4 is 10.6 Å². The molecule has 2 amide bonds. The molecule has 2 aliphatic heterocycles. The Morgan fingerprint density at radius 3 is 2.57 bits per heavy atom. The van der Waals surface area contributed by atoms with Crippen LogP contribution in [0.4, 0.5) is 0 Å². The zero-order chi connectivity index (χ0) is 16.2. The number of carbonyl (C=O) groups excluding carboxylic acids is 2. The van der Waals surface area contributed by atoms with Crippen molar-refractivity contribution in [3.05, 3.63) is 0 Å². The molecular formula is C18H31N3O2. The minimum absolute atomic E-state index is 0.134. The van der Waals surface area contributed by atoms with E-state index in [0.29, 0.717) is 18.5 Å². The largest absolute Gasteiger partial charge is 0.351 e. The van der Waals surface area contributed by atoms with Crippen molar-refractivity contribution in [2.45, 2.75) is 70.4 Å². The zero-order valence-corrected chi connectivity index (χ0v) is 14.4. The average Bonchev–Trinajstić information content (AvgIpc) is 3.03. The van der Waals surface area contributed by atoms with Crippen LogP contribution in [-0.2, 0) is 9.59 Å². The molecule has 2 saturated heterocycles. The predicted octanol–water partition coefficient (Wildman–Crippen LogP) is 1.67. The standard InChI is InChI=1S/C18H31N3O2/c1-13-11-15(7-9-19-13)17(22)20-16-8-10-21(12-16)18(23)14-5-3-2-4-6-14/h13-16,19H,2-12H2,1H3,(H,20,22)/t13-,15-,16?/m0/s1. The van der Waals surface area contributed by atoms with Gasteiger partial charge in [0, 0.05) is 37.0 Å². The molecule has 3 rings (SSSR count). The third-order valence-electron chi connectivity index (χ3n) is 5.80. The van der Waals surface area contributed by atoms with Gasteiger partial charge in [0.25, 0.3) is 0 Å². The van der Waals surface area contributed by atoms with Crippen molar-refractivity contribution < 1.29 is 9.59 Å². The summed E-state index contributed by atoms with van der Waals surface area (Å²) in [5.74, 6) is 0.894. The van der Waals surface area contributed by atoms with E-state index in [1.807, 2.05) is 4.90 Å². The Kier molecular flexibility index (Phi) is 5.57. The molecule has 5 nitrogen and oxygen atoms in total. The highest BCUT2D eigenvalue weighted by atomic mass is 16.2. The molecule has 0 spiro atoms. The molecule has 0 aromatic carbocycles. The highest BCUT2D eigenvalue weighted by Gasteiger charge is 2.33. The van der Waals surface area contributed by atoms with Gasteiger partial charge >= 0.3 is 0 Å². The van der Waals surface area contributed by atoms with Crippen LogP contribution in [0.2, 0.25) is 0 Å². The van der Waals surface area contributed by atoms with Gasteiger partial charge in [0.1, 0.15) is 0 Å². The SMILES string of the molecule is C[C@H]1C[C@@H](C(=O)NC2CCN(C(=O)C3CCCCC3)C2)CCN1. The van der Waals surface area contributed by atoms with Crippen molar-refractivity contribution in [3.63, 3.8) is 0 Å². The number of piperidine rings is 1. The van der Waals surface area contributed by atoms with Crippen LogP contribution in [0, 0.1) is 11.8 Å². The number of carbonyl (C=O) groups is 2. The Balaban J connectivity index is 1.45. The summed E-state index contributed by atoms with van der Waals surface area (Å²) in [5, 5.41) is 6.58. The Bertz CT molecular complexity index is 434. The molecular weight excluding hydrogens is 290 g/mol. The summed E-state index contributed by atoms with van der Waals surface area (Å²) in [5.41, 5.74) is 0. The van der Waals surface area contributed by atoms with E-state index in [1.165, 1.54) is 19.3 Å². The van der Waals surface area contributed by atoms with Crippen LogP contribution in [0.25, 0.3) is 0 Å². The van der Waals surface area contributed by atoms with Gasteiger partial charge in [-0.1, -0.05) is 19.3 Å². The molecule has 0 bridgehead atoms. The predicted molar refractivity (Wildman–Crippen MR) is 89.9 cm³/mol. The van der Waals surface area contributed by atoms with Crippen molar-refractivity contribution in [1.29, 1.82) is 0 Å². The molecule has 2 N–H and O–H groups in total.